The number of amides is 1. The molecule has 264 valence electrons. The summed E-state index contributed by atoms with van der Waals surface area (Å²) in [5, 5.41) is 20.8. The zero-order valence-electron chi connectivity index (χ0n) is 28.0. The number of benzene rings is 2. The minimum atomic E-state index is -0.563. The molecule has 2 aliphatic heterocycles. The van der Waals surface area contributed by atoms with Gasteiger partial charge in [-0.1, -0.05) is 65.7 Å². The van der Waals surface area contributed by atoms with Crippen LogP contribution in [0.4, 0.5) is 0 Å². The molecule has 2 saturated heterocycles. The van der Waals surface area contributed by atoms with Gasteiger partial charge in [-0.3, -0.25) is 14.0 Å². The molecule has 5 aromatic rings. The van der Waals surface area contributed by atoms with Crippen LogP contribution in [0.1, 0.15) is 30.4 Å². The Balaban J connectivity index is 1.12. The molecule has 1 amide bonds. The van der Waals surface area contributed by atoms with Crippen molar-refractivity contribution in [2.45, 2.75) is 50.5 Å². The number of carbonyl (C=O) groups is 1. The summed E-state index contributed by atoms with van der Waals surface area (Å²) >= 11 is 14.2. The molecule has 7 rings (SSSR count). The fourth-order valence-corrected chi connectivity index (χ4v) is 7.31. The first kappa shape index (κ1) is 35.1. The number of pyridine rings is 2. The van der Waals surface area contributed by atoms with Gasteiger partial charge in [0, 0.05) is 90.5 Å². The van der Waals surface area contributed by atoms with Gasteiger partial charge in [0.15, 0.2) is 0 Å². The number of hydrogen-bond acceptors (Lipinski definition) is 9. The third-order valence-electron chi connectivity index (χ3n) is 9.46. The van der Waals surface area contributed by atoms with Crippen LogP contribution in [-0.4, -0.2) is 70.4 Å². The molecule has 0 saturated carbocycles. The van der Waals surface area contributed by atoms with Crippen LogP contribution in [0.15, 0.2) is 77.9 Å². The van der Waals surface area contributed by atoms with Gasteiger partial charge in [0.05, 0.1) is 35.6 Å². The standard InChI is InChI=1S/C38H38Cl2N6O5/c1-50-37-23(18-42-31-13-15-51-21-32(31)47)8-10-30(45-37)29-7-3-6-28(36(29)40)27-5-2-4-26(35(27)39)22-12-14-46-33(16-22)43-19-24(38(46)49)17-41-20-25-9-11-34(48)44-25/h2-8,10,12,14,16,19,25,31-32,41-42,47H,9,11,13,15,17-18,20-21H2,1H3,(H,44,48)/t25-,31+,32+/m0/s1. The maximum atomic E-state index is 13.3. The highest BCUT2D eigenvalue weighted by atomic mass is 35.5. The van der Waals surface area contributed by atoms with Crippen molar-refractivity contribution in [2.75, 3.05) is 26.9 Å². The van der Waals surface area contributed by atoms with Crippen molar-refractivity contribution in [3.8, 4) is 39.4 Å². The first-order chi connectivity index (χ1) is 24.8. The van der Waals surface area contributed by atoms with Gasteiger partial charge in [-0.05, 0) is 36.6 Å². The number of aliphatic hydroxyl groups is 1. The van der Waals surface area contributed by atoms with Gasteiger partial charge in [0.25, 0.3) is 5.56 Å². The number of aliphatic hydroxyl groups excluding tert-OH is 1. The molecule has 13 heteroatoms. The van der Waals surface area contributed by atoms with E-state index in [1.165, 1.54) is 4.40 Å². The number of methoxy groups -OCH3 is 1. The summed E-state index contributed by atoms with van der Waals surface area (Å²) in [6.45, 7) is 2.34. The van der Waals surface area contributed by atoms with Crippen LogP contribution in [0.3, 0.4) is 0 Å². The van der Waals surface area contributed by atoms with Crippen molar-refractivity contribution < 1.29 is 19.4 Å². The molecule has 0 radical (unpaired) electrons. The van der Waals surface area contributed by atoms with Gasteiger partial charge >= 0.3 is 0 Å². The van der Waals surface area contributed by atoms with Crippen molar-refractivity contribution in [3.63, 3.8) is 0 Å². The lowest BCUT2D eigenvalue weighted by molar-refractivity contribution is -0.119. The molecule has 0 spiro atoms. The molecule has 0 aliphatic carbocycles. The zero-order chi connectivity index (χ0) is 35.5. The maximum absolute atomic E-state index is 13.3. The van der Waals surface area contributed by atoms with Crippen LogP contribution < -0.4 is 26.2 Å². The van der Waals surface area contributed by atoms with Crippen LogP contribution in [0.2, 0.25) is 10.0 Å². The van der Waals surface area contributed by atoms with Crippen LogP contribution >= 0.6 is 23.2 Å². The molecule has 0 unspecified atom stereocenters. The number of nitrogens with zero attached hydrogens (tertiary/aromatic N) is 3. The lowest BCUT2D eigenvalue weighted by Crippen LogP contribution is -2.46. The van der Waals surface area contributed by atoms with E-state index in [1.807, 2.05) is 60.7 Å². The first-order valence-electron chi connectivity index (χ1n) is 16.9. The Bertz CT molecular complexity index is 2140. The number of aromatic nitrogens is 3. The molecular formula is C38H38Cl2N6O5. The molecule has 5 heterocycles. The lowest BCUT2D eigenvalue weighted by atomic mass is 9.97. The number of halogens is 2. The first-order valence-corrected chi connectivity index (χ1v) is 17.7. The van der Waals surface area contributed by atoms with Crippen LogP contribution in [-0.2, 0) is 22.6 Å². The minimum absolute atomic E-state index is 0.0604. The summed E-state index contributed by atoms with van der Waals surface area (Å²) < 4.78 is 12.5. The number of hydrogen-bond donors (Lipinski definition) is 4. The zero-order valence-corrected chi connectivity index (χ0v) is 29.5. The highest BCUT2D eigenvalue weighted by Crippen LogP contribution is 2.42. The predicted octanol–water partition coefficient (Wildman–Crippen LogP) is 5.01. The number of ether oxygens (including phenoxy) is 2. The van der Waals surface area contributed by atoms with Gasteiger partial charge in [0.2, 0.25) is 11.8 Å². The van der Waals surface area contributed by atoms with E-state index in [0.29, 0.717) is 72.1 Å². The van der Waals surface area contributed by atoms with Crippen LogP contribution in [0.25, 0.3) is 39.2 Å². The van der Waals surface area contributed by atoms with E-state index in [2.05, 4.69) is 20.9 Å². The van der Waals surface area contributed by atoms with E-state index in [9.17, 15) is 14.7 Å². The van der Waals surface area contributed by atoms with Gasteiger partial charge in [-0.2, -0.15) is 0 Å². The summed E-state index contributed by atoms with van der Waals surface area (Å²) in [5.74, 6) is 0.528. The smallest absolute Gasteiger partial charge is 0.262 e. The average Bonchev–Trinajstić information content (AvgIpc) is 3.57. The van der Waals surface area contributed by atoms with Crippen molar-refractivity contribution in [1.82, 2.24) is 30.3 Å². The quantitative estimate of drug-likeness (QED) is 0.148. The number of fused-ring (bicyclic) bond motifs is 1. The van der Waals surface area contributed by atoms with Crippen molar-refractivity contribution in [3.05, 3.63) is 105 Å². The third kappa shape index (κ3) is 7.50. The highest BCUT2D eigenvalue weighted by Gasteiger charge is 2.24. The minimum Gasteiger partial charge on any atom is -0.481 e. The van der Waals surface area contributed by atoms with Crippen molar-refractivity contribution in [2.24, 2.45) is 0 Å². The fourth-order valence-electron chi connectivity index (χ4n) is 6.65. The van der Waals surface area contributed by atoms with E-state index in [1.54, 1.807) is 19.5 Å². The van der Waals surface area contributed by atoms with Crippen LogP contribution in [0, 0.1) is 0 Å². The summed E-state index contributed by atoms with van der Waals surface area (Å²) in [4.78, 5) is 34.1. The van der Waals surface area contributed by atoms with Gasteiger partial charge in [0.1, 0.15) is 5.65 Å². The second kappa shape index (κ2) is 15.5. The summed E-state index contributed by atoms with van der Waals surface area (Å²) in [6.07, 6.45) is 4.78. The van der Waals surface area contributed by atoms with Crippen LogP contribution in [0.5, 0.6) is 5.88 Å². The largest absolute Gasteiger partial charge is 0.481 e. The van der Waals surface area contributed by atoms with E-state index in [0.717, 1.165) is 46.2 Å². The third-order valence-corrected chi connectivity index (χ3v) is 10.3. The predicted molar refractivity (Wildman–Crippen MR) is 197 cm³/mol. The second-order valence-electron chi connectivity index (χ2n) is 12.8. The van der Waals surface area contributed by atoms with Gasteiger partial charge in [-0.15, -0.1) is 0 Å². The average molecular weight is 730 g/mol. The summed E-state index contributed by atoms with van der Waals surface area (Å²) in [6, 6.07) is 19.1. The normalized spacial score (nSPS) is 19.0. The molecule has 11 nitrogen and oxygen atoms in total. The molecule has 2 aliphatic rings. The molecule has 3 aromatic heterocycles. The van der Waals surface area contributed by atoms with Crippen molar-refractivity contribution >= 4 is 34.8 Å². The molecular weight excluding hydrogens is 691 g/mol. The Labute approximate surface area is 305 Å². The van der Waals surface area contributed by atoms with E-state index in [-0.39, 0.29) is 23.6 Å². The fraction of sp³-hybridized carbons (Fsp3) is 0.316. The van der Waals surface area contributed by atoms with E-state index >= 15 is 0 Å². The Morgan fingerprint density at radius 3 is 2.49 bits per heavy atom. The molecule has 3 atom stereocenters. The van der Waals surface area contributed by atoms with Gasteiger partial charge < -0.3 is 30.5 Å². The molecule has 51 heavy (non-hydrogen) atoms. The highest BCUT2D eigenvalue weighted by molar-refractivity contribution is 6.39. The Morgan fingerprint density at radius 2 is 1.75 bits per heavy atom. The molecule has 2 fully saturated rings. The Morgan fingerprint density at radius 1 is 0.980 bits per heavy atom. The number of rotatable bonds is 11. The monoisotopic (exact) mass is 728 g/mol. The topological polar surface area (TPSA) is 139 Å². The summed E-state index contributed by atoms with van der Waals surface area (Å²) in [5.41, 5.74) is 6.15. The molecule has 2 aromatic carbocycles. The van der Waals surface area contributed by atoms with E-state index in [4.69, 9.17) is 37.7 Å². The van der Waals surface area contributed by atoms with E-state index < -0.39 is 6.10 Å². The second-order valence-corrected chi connectivity index (χ2v) is 13.5. The molecule has 4 N–H and O–H groups in total. The number of nitrogens with one attached hydrogen (secondary N) is 3. The van der Waals surface area contributed by atoms with Crippen molar-refractivity contribution in [1.29, 1.82) is 0 Å². The number of carbonyl (C=O) groups excluding carboxylic acids is 1. The van der Waals surface area contributed by atoms with Gasteiger partial charge in [-0.25, -0.2) is 9.97 Å². The lowest BCUT2D eigenvalue weighted by Gasteiger charge is -2.28. The Kier molecular flexibility index (Phi) is 10.6. The molecule has 0 bridgehead atoms. The Hall–Kier alpha value is -4.36. The summed E-state index contributed by atoms with van der Waals surface area (Å²) in [7, 11) is 1.58. The SMILES string of the molecule is COc1nc(-c2cccc(-c3cccc(-c4ccn5c(=O)c(CNC[C@@H]6CCC(=O)N6)cnc5c4)c3Cl)c2Cl)ccc1CN[C@@H]1CCOC[C@H]1O. The maximum Gasteiger partial charge on any atom is 0.262 e.